The van der Waals surface area contributed by atoms with Crippen LogP contribution in [0.3, 0.4) is 0 Å². The lowest BCUT2D eigenvalue weighted by molar-refractivity contribution is -0.140. The first-order chi connectivity index (χ1) is 19.5. The Morgan fingerprint density at radius 2 is 1.66 bits per heavy atom. The van der Waals surface area contributed by atoms with Crippen LogP contribution in [0.1, 0.15) is 44.7 Å². The van der Waals surface area contributed by atoms with Crippen LogP contribution in [0, 0.1) is 6.92 Å². The molecule has 0 heterocycles. The molecule has 10 heteroatoms. The van der Waals surface area contributed by atoms with Gasteiger partial charge in [-0.25, -0.2) is 8.42 Å². The molecule has 3 rings (SSSR count). The lowest BCUT2D eigenvalue weighted by atomic mass is 10.1. The van der Waals surface area contributed by atoms with E-state index >= 15 is 0 Å². The lowest BCUT2D eigenvalue weighted by Gasteiger charge is -2.34. The number of sulfonamides is 1. The molecule has 0 spiro atoms. The summed E-state index contributed by atoms with van der Waals surface area (Å²) in [5.74, 6) is -0.419. The van der Waals surface area contributed by atoms with Gasteiger partial charge in [-0.3, -0.25) is 13.9 Å². The largest absolute Gasteiger partial charge is 0.497 e. The molecule has 1 N–H and O–H groups in total. The summed E-state index contributed by atoms with van der Waals surface area (Å²) in [4.78, 5) is 29.0. The summed E-state index contributed by atoms with van der Waals surface area (Å²) in [5, 5.41) is 3.41. The van der Waals surface area contributed by atoms with Crippen molar-refractivity contribution >= 4 is 39.1 Å². The molecule has 0 bridgehead atoms. The highest BCUT2D eigenvalue weighted by atomic mass is 35.5. The molecule has 8 nitrogen and oxygen atoms in total. The molecule has 0 radical (unpaired) electrons. The maximum atomic E-state index is 14.2. The summed E-state index contributed by atoms with van der Waals surface area (Å²) in [5.41, 5.74) is 1.80. The van der Waals surface area contributed by atoms with E-state index in [1.54, 1.807) is 60.7 Å². The third-order valence-electron chi connectivity index (χ3n) is 6.91. The Morgan fingerprint density at radius 3 is 2.27 bits per heavy atom. The first-order valence-corrected chi connectivity index (χ1v) is 15.4. The van der Waals surface area contributed by atoms with Crippen molar-refractivity contribution in [1.82, 2.24) is 10.2 Å². The van der Waals surface area contributed by atoms with Gasteiger partial charge in [0.15, 0.2) is 0 Å². The van der Waals surface area contributed by atoms with Crippen LogP contribution < -0.4 is 14.4 Å². The Bertz CT molecular complexity index is 1450. The molecular weight excluding hydrogens is 562 g/mol. The standard InChI is InChI=1S/C31H38ClN3O5S/c1-6-23(4)33-31(37)29(7-2)34(20-24-11-8-9-14-28(24)32)30(36)21-35(25-12-10-13-26(19-25)40-5)41(38,39)27-17-15-22(3)16-18-27/h8-19,23,29H,6-7,20-21H2,1-5H3,(H,33,37)/t23-,29+/m1/s1. The van der Waals surface area contributed by atoms with Gasteiger partial charge in [-0.15, -0.1) is 0 Å². The van der Waals surface area contributed by atoms with Crippen LogP contribution >= 0.6 is 11.6 Å². The van der Waals surface area contributed by atoms with E-state index in [9.17, 15) is 18.0 Å². The van der Waals surface area contributed by atoms with Crippen LogP contribution in [0.4, 0.5) is 5.69 Å². The second-order valence-electron chi connectivity index (χ2n) is 9.88. The molecule has 3 aromatic carbocycles. The van der Waals surface area contributed by atoms with Gasteiger partial charge in [0, 0.05) is 23.7 Å². The fourth-order valence-electron chi connectivity index (χ4n) is 4.30. The lowest BCUT2D eigenvalue weighted by Crippen LogP contribution is -2.53. The zero-order chi connectivity index (χ0) is 30.2. The van der Waals surface area contributed by atoms with Gasteiger partial charge >= 0.3 is 0 Å². The van der Waals surface area contributed by atoms with Crippen LogP contribution in [-0.4, -0.2) is 50.9 Å². The average molecular weight is 600 g/mol. The number of carbonyl (C=O) groups is 2. The predicted octanol–water partition coefficient (Wildman–Crippen LogP) is 5.57. The fourth-order valence-corrected chi connectivity index (χ4v) is 5.90. The van der Waals surface area contributed by atoms with Crippen molar-refractivity contribution in [1.29, 1.82) is 0 Å². The molecule has 0 aliphatic carbocycles. The van der Waals surface area contributed by atoms with Crippen molar-refractivity contribution in [2.24, 2.45) is 0 Å². The summed E-state index contributed by atoms with van der Waals surface area (Å²) < 4.78 is 34.4. The van der Waals surface area contributed by atoms with Crippen LogP contribution in [-0.2, 0) is 26.2 Å². The number of ether oxygens (including phenoxy) is 1. The maximum Gasteiger partial charge on any atom is 0.264 e. The molecule has 0 unspecified atom stereocenters. The minimum Gasteiger partial charge on any atom is -0.497 e. The van der Waals surface area contributed by atoms with E-state index in [-0.39, 0.29) is 29.1 Å². The fraction of sp³-hybridized carbons (Fsp3) is 0.355. The summed E-state index contributed by atoms with van der Waals surface area (Å²) in [6.45, 7) is 7.02. The van der Waals surface area contributed by atoms with Gasteiger partial charge in [-0.2, -0.15) is 0 Å². The second-order valence-corrected chi connectivity index (χ2v) is 12.2. The van der Waals surface area contributed by atoms with E-state index in [0.29, 0.717) is 22.8 Å². The van der Waals surface area contributed by atoms with Crippen molar-refractivity contribution in [2.75, 3.05) is 18.0 Å². The number of aryl methyl sites for hydroxylation is 1. The van der Waals surface area contributed by atoms with Crippen molar-refractivity contribution in [3.63, 3.8) is 0 Å². The van der Waals surface area contributed by atoms with Crippen molar-refractivity contribution in [3.05, 3.63) is 88.9 Å². The smallest absolute Gasteiger partial charge is 0.264 e. The van der Waals surface area contributed by atoms with E-state index in [0.717, 1.165) is 16.3 Å². The quantitative estimate of drug-likeness (QED) is 0.277. The number of hydrogen-bond acceptors (Lipinski definition) is 5. The monoisotopic (exact) mass is 599 g/mol. The highest BCUT2D eigenvalue weighted by Gasteiger charge is 2.34. The average Bonchev–Trinajstić information content (AvgIpc) is 2.96. The minimum absolute atomic E-state index is 0.0292. The van der Waals surface area contributed by atoms with Crippen molar-refractivity contribution in [2.45, 2.75) is 64.1 Å². The Hall–Kier alpha value is -3.56. The first kappa shape index (κ1) is 32.0. The van der Waals surface area contributed by atoms with Crippen molar-refractivity contribution < 1.29 is 22.7 Å². The van der Waals surface area contributed by atoms with Gasteiger partial charge in [-0.1, -0.05) is 67.4 Å². The van der Waals surface area contributed by atoms with Gasteiger partial charge in [-0.05, 0) is 62.6 Å². The summed E-state index contributed by atoms with van der Waals surface area (Å²) in [7, 11) is -2.70. The number of anilines is 1. The molecule has 0 saturated carbocycles. The third-order valence-corrected chi connectivity index (χ3v) is 9.07. The number of carbonyl (C=O) groups excluding carboxylic acids is 2. The zero-order valence-electron chi connectivity index (χ0n) is 24.1. The molecule has 2 atom stereocenters. The molecule has 0 fully saturated rings. The number of nitrogens with zero attached hydrogens (tertiary/aromatic N) is 2. The Balaban J connectivity index is 2.09. The molecule has 2 amide bonds. The molecule has 0 aliphatic rings. The van der Waals surface area contributed by atoms with Crippen LogP contribution in [0.15, 0.2) is 77.7 Å². The Morgan fingerprint density at radius 1 is 0.976 bits per heavy atom. The van der Waals surface area contributed by atoms with Crippen LogP contribution in [0.25, 0.3) is 0 Å². The maximum absolute atomic E-state index is 14.2. The van der Waals surface area contributed by atoms with E-state index in [1.807, 2.05) is 27.7 Å². The number of halogens is 1. The van der Waals surface area contributed by atoms with E-state index in [2.05, 4.69) is 5.32 Å². The number of hydrogen-bond donors (Lipinski definition) is 1. The van der Waals surface area contributed by atoms with Gasteiger partial charge < -0.3 is 15.0 Å². The summed E-state index contributed by atoms with van der Waals surface area (Å²) in [6, 6.07) is 19.1. The van der Waals surface area contributed by atoms with Crippen molar-refractivity contribution in [3.8, 4) is 5.75 Å². The Labute approximate surface area is 248 Å². The second kappa shape index (κ2) is 14.4. The third kappa shape index (κ3) is 8.01. The highest BCUT2D eigenvalue weighted by molar-refractivity contribution is 7.92. The summed E-state index contributed by atoms with van der Waals surface area (Å²) >= 11 is 6.45. The molecule has 3 aromatic rings. The van der Waals surface area contributed by atoms with Crippen LogP contribution in [0.2, 0.25) is 5.02 Å². The minimum atomic E-state index is -4.18. The molecule has 220 valence electrons. The van der Waals surface area contributed by atoms with Crippen LogP contribution in [0.5, 0.6) is 5.75 Å². The number of nitrogens with one attached hydrogen (secondary N) is 1. The normalized spacial score (nSPS) is 12.7. The Kier molecular flexibility index (Phi) is 11.2. The predicted molar refractivity (Wildman–Crippen MR) is 163 cm³/mol. The van der Waals surface area contributed by atoms with Gasteiger partial charge in [0.25, 0.3) is 10.0 Å². The summed E-state index contributed by atoms with van der Waals surface area (Å²) in [6.07, 6.45) is 1.04. The SMILES string of the molecule is CC[C@@H](C)NC(=O)[C@H](CC)N(Cc1ccccc1Cl)C(=O)CN(c1cccc(OC)c1)S(=O)(=O)c1ccc(C)cc1. The van der Waals surface area contributed by atoms with E-state index in [4.69, 9.17) is 16.3 Å². The number of methoxy groups -OCH3 is 1. The first-order valence-electron chi connectivity index (χ1n) is 13.6. The number of amides is 2. The number of rotatable bonds is 13. The number of benzene rings is 3. The molecule has 0 aromatic heterocycles. The topological polar surface area (TPSA) is 96.0 Å². The molecule has 0 aliphatic heterocycles. The van der Waals surface area contributed by atoms with Gasteiger partial charge in [0.05, 0.1) is 17.7 Å². The van der Waals surface area contributed by atoms with Gasteiger partial charge in [0.1, 0.15) is 18.3 Å². The molecular formula is C31H38ClN3O5S. The van der Waals surface area contributed by atoms with E-state index in [1.165, 1.54) is 24.1 Å². The van der Waals surface area contributed by atoms with E-state index < -0.39 is 28.5 Å². The molecule has 41 heavy (non-hydrogen) atoms. The van der Waals surface area contributed by atoms with Gasteiger partial charge in [0.2, 0.25) is 11.8 Å². The zero-order valence-corrected chi connectivity index (χ0v) is 25.7. The highest BCUT2D eigenvalue weighted by Crippen LogP contribution is 2.28. The molecule has 0 saturated heterocycles.